The topological polar surface area (TPSA) is 29.1 Å². The lowest BCUT2D eigenvalue weighted by Gasteiger charge is -2.26. The molecule has 3 atom stereocenters. The Hall–Kier alpha value is -0.830. The highest BCUT2D eigenvalue weighted by molar-refractivity contribution is 9.09. The molecular formula is C18H28BrNO. The maximum Gasteiger partial charge on any atom is 0.228 e. The monoisotopic (exact) mass is 353 g/mol. The molecular weight excluding hydrogens is 326 g/mol. The smallest absolute Gasteiger partial charge is 0.228 e. The van der Waals surface area contributed by atoms with Crippen LogP contribution in [0.15, 0.2) is 30.3 Å². The van der Waals surface area contributed by atoms with Gasteiger partial charge in [-0.05, 0) is 23.8 Å². The van der Waals surface area contributed by atoms with Crippen molar-refractivity contribution in [3.05, 3.63) is 35.9 Å². The van der Waals surface area contributed by atoms with Gasteiger partial charge in [0.2, 0.25) is 5.91 Å². The van der Waals surface area contributed by atoms with Crippen LogP contribution in [0, 0.1) is 11.8 Å². The van der Waals surface area contributed by atoms with Gasteiger partial charge in [0.15, 0.2) is 0 Å². The highest BCUT2D eigenvalue weighted by Gasteiger charge is 2.27. The van der Waals surface area contributed by atoms with Crippen LogP contribution in [-0.4, -0.2) is 17.3 Å². The SMILES string of the molecule is CCC(C)C(C(=O)NC(CBr)CC(C)C)c1ccccc1. The average molecular weight is 354 g/mol. The lowest BCUT2D eigenvalue weighted by Crippen LogP contribution is -2.41. The van der Waals surface area contributed by atoms with Crippen molar-refractivity contribution in [2.45, 2.75) is 52.5 Å². The molecule has 0 fully saturated rings. The minimum atomic E-state index is -0.0649. The fourth-order valence-electron chi connectivity index (χ4n) is 2.65. The van der Waals surface area contributed by atoms with Gasteiger partial charge in [0.1, 0.15) is 0 Å². The van der Waals surface area contributed by atoms with Gasteiger partial charge in [0.25, 0.3) is 0 Å². The van der Waals surface area contributed by atoms with Crippen LogP contribution in [0.1, 0.15) is 52.0 Å². The van der Waals surface area contributed by atoms with E-state index in [0.717, 1.165) is 23.7 Å². The first-order chi connectivity index (χ1) is 9.99. The van der Waals surface area contributed by atoms with Gasteiger partial charge in [-0.1, -0.05) is 80.4 Å². The summed E-state index contributed by atoms with van der Waals surface area (Å²) in [7, 11) is 0. The standard InChI is InChI=1S/C18H28BrNO/c1-5-14(4)17(15-9-7-6-8-10-15)18(21)20-16(12-19)11-13(2)3/h6-10,13-14,16-17H,5,11-12H2,1-4H3,(H,20,21). The van der Waals surface area contributed by atoms with E-state index in [0.29, 0.717) is 11.8 Å². The Bertz CT molecular complexity index is 418. The number of rotatable bonds is 8. The molecule has 1 aromatic rings. The summed E-state index contributed by atoms with van der Waals surface area (Å²) < 4.78 is 0. The second-order valence-electron chi connectivity index (χ2n) is 6.26. The molecule has 0 saturated heterocycles. The first kappa shape index (κ1) is 18.2. The van der Waals surface area contributed by atoms with Gasteiger partial charge >= 0.3 is 0 Å². The van der Waals surface area contributed by atoms with Crippen molar-refractivity contribution in [3.8, 4) is 0 Å². The fourth-order valence-corrected chi connectivity index (χ4v) is 3.08. The zero-order chi connectivity index (χ0) is 15.8. The third-order valence-electron chi connectivity index (χ3n) is 3.94. The fraction of sp³-hybridized carbons (Fsp3) is 0.611. The number of amides is 1. The highest BCUT2D eigenvalue weighted by atomic mass is 79.9. The van der Waals surface area contributed by atoms with Crippen molar-refractivity contribution in [2.24, 2.45) is 11.8 Å². The van der Waals surface area contributed by atoms with Crippen molar-refractivity contribution < 1.29 is 4.79 Å². The molecule has 0 radical (unpaired) electrons. The molecule has 1 amide bonds. The summed E-state index contributed by atoms with van der Waals surface area (Å²) in [5.41, 5.74) is 1.11. The lowest BCUT2D eigenvalue weighted by molar-refractivity contribution is -0.124. The molecule has 0 heterocycles. The van der Waals surface area contributed by atoms with E-state index < -0.39 is 0 Å². The summed E-state index contributed by atoms with van der Waals surface area (Å²) in [5, 5.41) is 4.03. The van der Waals surface area contributed by atoms with Gasteiger partial charge in [-0.15, -0.1) is 0 Å². The molecule has 1 rings (SSSR count). The molecule has 118 valence electrons. The molecule has 21 heavy (non-hydrogen) atoms. The summed E-state index contributed by atoms with van der Waals surface area (Å²) >= 11 is 3.52. The summed E-state index contributed by atoms with van der Waals surface area (Å²) in [6, 6.07) is 10.3. The second-order valence-corrected chi connectivity index (χ2v) is 6.91. The maximum atomic E-state index is 12.8. The summed E-state index contributed by atoms with van der Waals surface area (Å²) in [6.45, 7) is 8.67. The first-order valence-electron chi connectivity index (χ1n) is 7.90. The molecule has 0 aliphatic carbocycles. The van der Waals surface area contributed by atoms with Crippen molar-refractivity contribution >= 4 is 21.8 Å². The average Bonchev–Trinajstić information content (AvgIpc) is 2.47. The predicted molar refractivity (Wildman–Crippen MR) is 93.8 cm³/mol. The van der Waals surface area contributed by atoms with Crippen molar-refractivity contribution in [1.29, 1.82) is 0 Å². The van der Waals surface area contributed by atoms with E-state index in [1.807, 2.05) is 18.2 Å². The van der Waals surface area contributed by atoms with Crippen molar-refractivity contribution in [2.75, 3.05) is 5.33 Å². The molecule has 0 aromatic heterocycles. The van der Waals surface area contributed by atoms with Gasteiger partial charge in [0, 0.05) is 11.4 Å². The van der Waals surface area contributed by atoms with Crippen LogP contribution in [0.5, 0.6) is 0 Å². The van der Waals surface area contributed by atoms with E-state index in [1.165, 1.54) is 0 Å². The molecule has 0 saturated carbocycles. The number of alkyl halides is 1. The number of nitrogens with one attached hydrogen (secondary N) is 1. The summed E-state index contributed by atoms with van der Waals surface area (Å²) in [6.07, 6.45) is 2.00. The molecule has 1 N–H and O–H groups in total. The third kappa shape index (κ3) is 5.82. The van der Waals surface area contributed by atoms with Crippen LogP contribution in [0.2, 0.25) is 0 Å². The molecule has 3 unspecified atom stereocenters. The van der Waals surface area contributed by atoms with Gasteiger partial charge in [0.05, 0.1) is 5.92 Å². The van der Waals surface area contributed by atoms with Crippen LogP contribution in [0.4, 0.5) is 0 Å². The Kier molecular flexibility index (Phi) is 8.02. The molecule has 0 bridgehead atoms. The van der Waals surface area contributed by atoms with Crippen LogP contribution < -0.4 is 5.32 Å². The van der Waals surface area contributed by atoms with Gasteiger partial charge < -0.3 is 5.32 Å². The number of carbonyl (C=O) groups excluding carboxylic acids is 1. The molecule has 2 nitrogen and oxygen atoms in total. The summed E-state index contributed by atoms with van der Waals surface area (Å²) in [4.78, 5) is 12.8. The van der Waals surface area contributed by atoms with E-state index in [-0.39, 0.29) is 17.9 Å². The van der Waals surface area contributed by atoms with E-state index >= 15 is 0 Å². The Morgan fingerprint density at radius 2 is 1.81 bits per heavy atom. The highest BCUT2D eigenvalue weighted by Crippen LogP contribution is 2.27. The minimum absolute atomic E-state index is 0.0649. The Morgan fingerprint density at radius 1 is 1.19 bits per heavy atom. The molecule has 1 aromatic carbocycles. The predicted octanol–water partition coefficient (Wildman–Crippen LogP) is 4.74. The second kappa shape index (κ2) is 9.24. The number of carbonyl (C=O) groups is 1. The van der Waals surface area contributed by atoms with E-state index in [4.69, 9.17) is 0 Å². The molecule has 0 spiro atoms. The number of hydrogen-bond acceptors (Lipinski definition) is 1. The Balaban J connectivity index is 2.86. The Morgan fingerprint density at radius 3 is 2.29 bits per heavy atom. The molecule has 0 aliphatic rings. The third-order valence-corrected chi connectivity index (χ3v) is 4.72. The number of benzene rings is 1. The largest absolute Gasteiger partial charge is 0.352 e. The summed E-state index contributed by atoms with van der Waals surface area (Å²) in [5.74, 6) is 1.000. The maximum absolute atomic E-state index is 12.8. The van der Waals surface area contributed by atoms with Crippen LogP contribution in [0.3, 0.4) is 0 Å². The van der Waals surface area contributed by atoms with E-state index in [2.05, 4.69) is 61.1 Å². The van der Waals surface area contributed by atoms with Crippen LogP contribution in [-0.2, 0) is 4.79 Å². The normalized spacial score (nSPS) is 15.5. The number of halogens is 1. The van der Waals surface area contributed by atoms with E-state index in [9.17, 15) is 4.79 Å². The van der Waals surface area contributed by atoms with Crippen LogP contribution in [0.25, 0.3) is 0 Å². The van der Waals surface area contributed by atoms with E-state index in [1.54, 1.807) is 0 Å². The lowest BCUT2D eigenvalue weighted by atomic mass is 9.84. The molecule has 3 heteroatoms. The van der Waals surface area contributed by atoms with Crippen molar-refractivity contribution in [3.63, 3.8) is 0 Å². The zero-order valence-corrected chi connectivity index (χ0v) is 15.2. The van der Waals surface area contributed by atoms with Gasteiger partial charge in [-0.25, -0.2) is 0 Å². The molecule has 0 aliphatic heterocycles. The first-order valence-corrected chi connectivity index (χ1v) is 9.03. The van der Waals surface area contributed by atoms with Crippen molar-refractivity contribution in [1.82, 2.24) is 5.32 Å². The van der Waals surface area contributed by atoms with Gasteiger partial charge in [-0.2, -0.15) is 0 Å². The quantitative estimate of drug-likeness (QED) is 0.671. The minimum Gasteiger partial charge on any atom is -0.352 e. The van der Waals surface area contributed by atoms with Crippen LogP contribution >= 0.6 is 15.9 Å². The van der Waals surface area contributed by atoms with Gasteiger partial charge in [-0.3, -0.25) is 4.79 Å². The Labute approximate surface area is 137 Å². The zero-order valence-electron chi connectivity index (χ0n) is 13.6. The number of hydrogen-bond donors (Lipinski definition) is 1.